The van der Waals surface area contributed by atoms with Crippen molar-refractivity contribution in [3.63, 3.8) is 0 Å². The molecule has 0 radical (unpaired) electrons. The van der Waals surface area contributed by atoms with Crippen molar-refractivity contribution in [2.75, 3.05) is 29.6 Å². The number of fused-ring (bicyclic) bond motifs is 2. The van der Waals surface area contributed by atoms with E-state index in [1.54, 1.807) is 24.3 Å². The van der Waals surface area contributed by atoms with Gasteiger partial charge in [-0.25, -0.2) is 0 Å². The summed E-state index contributed by atoms with van der Waals surface area (Å²) in [6, 6.07) is 14.2. The monoisotopic (exact) mass is 421 g/mol. The highest BCUT2D eigenvalue weighted by Gasteiger charge is 2.34. The van der Waals surface area contributed by atoms with E-state index >= 15 is 0 Å². The maximum absolute atomic E-state index is 12.4. The van der Waals surface area contributed by atoms with Gasteiger partial charge >= 0.3 is 0 Å². The number of anilines is 2. The van der Waals surface area contributed by atoms with Crippen molar-refractivity contribution in [2.45, 2.75) is 52.6 Å². The maximum atomic E-state index is 12.4. The van der Waals surface area contributed by atoms with Crippen LogP contribution in [-0.2, 0) is 0 Å². The molecule has 0 spiro atoms. The van der Waals surface area contributed by atoms with Crippen LogP contribution < -0.4 is 14.5 Å². The summed E-state index contributed by atoms with van der Waals surface area (Å²) < 4.78 is 6.00. The van der Waals surface area contributed by atoms with Crippen molar-refractivity contribution in [1.82, 2.24) is 4.90 Å². The van der Waals surface area contributed by atoms with Crippen LogP contribution in [-0.4, -0.2) is 48.6 Å². The molecule has 2 amide bonds. The standard InChI is InChI=1S/C25H31N3O3/c1-17(2)27-16-28(18(3)4)23-15-19(11-12-22(23)27)31-14-8-7-13-26-24(29)20-9-5-6-10-21(20)25(26)30/h5-6,9-12,15,17-18H,7-8,13-14,16H2,1-4H3. The number of benzene rings is 2. The van der Waals surface area contributed by atoms with E-state index in [0.29, 0.717) is 36.4 Å². The third-order valence-electron chi connectivity index (χ3n) is 6.04. The number of unbranched alkanes of at least 4 members (excludes halogenated alkanes) is 1. The lowest BCUT2D eigenvalue weighted by Gasteiger charge is -2.27. The largest absolute Gasteiger partial charge is 0.494 e. The summed E-state index contributed by atoms with van der Waals surface area (Å²) in [4.78, 5) is 31.0. The van der Waals surface area contributed by atoms with Gasteiger partial charge in [0.1, 0.15) is 5.75 Å². The van der Waals surface area contributed by atoms with Gasteiger partial charge in [-0.3, -0.25) is 14.5 Å². The van der Waals surface area contributed by atoms with E-state index in [4.69, 9.17) is 4.74 Å². The van der Waals surface area contributed by atoms with Crippen molar-refractivity contribution in [3.8, 4) is 5.75 Å². The van der Waals surface area contributed by atoms with Crippen molar-refractivity contribution in [2.24, 2.45) is 0 Å². The SMILES string of the molecule is CC(C)N1CN(C(C)C)c2cc(OCCCCN3C(=O)c4ccccc4C3=O)ccc21. The van der Waals surface area contributed by atoms with Gasteiger partial charge in [0.25, 0.3) is 11.8 Å². The van der Waals surface area contributed by atoms with E-state index in [9.17, 15) is 9.59 Å². The Labute approximate surface area is 184 Å². The van der Waals surface area contributed by atoms with Crippen LogP contribution >= 0.6 is 0 Å². The molecule has 31 heavy (non-hydrogen) atoms. The Bertz CT molecular complexity index is 951. The van der Waals surface area contributed by atoms with Crippen molar-refractivity contribution < 1.29 is 14.3 Å². The van der Waals surface area contributed by atoms with Gasteiger partial charge in [0.05, 0.1) is 35.8 Å². The Morgan fingerprint density at radius 1 is 0.839 bits per heavy atom. The minimum atomic E-state index is -0.191. The summed E-state index contributed by atoms with van der Waals surface area (Å²) in [6.07, 6.45) is 1.49. The highest BCUT2D eigenvalue weighted by atomic mass is 16.5. The predicted molar refractivity (Wildman–Crippen MR) is 123 cm³/mol. The number of hydrogen-bond donors (Lipinski definition) is 0. The van der Waals surface area contributed by atoms with Gasteiger partial charge in [-0.1, -0.05) is 12.1 Å². The molecule has 0 saturated carbocycles. The molecule has 0 atom stereocenters. The Hall–Kier alpha value is -3.02. The molecule has 2 aliphatic heterocycles. The Morgan fingerprint density at radius 3 is 2.06 bits per heavy atom. The lowest BCUT2D eigenvalue weighted by Crippen LogP contribution is -2.38. The quantitative estimate of drug-likeness (QED) is 0.463. The molecule has 0 aliphatic carbocycles. The van der Waals surface area contributed by atoms with Gasteiger partial charge in [-0.2, -0.15) is 0 Å². The normalized spacial score (nSPS) is 15.4. The van der Waals surface area contributed by atoms with Crippen LogP contribution in [0.1, 0.15) is 61.3 Å². The van der Waals surface area contributed by atoms with Crippen LogP contribution in [0.3, 0.4) is 0 Å². The van der Waals surface area contributed by atoms with E-state index in [-0.39, 0.29) is 11.8 Å². The topological polar surface area (TPSA) is 53.1 Å². The molecule has 6 nitrogen and oxygen atoms in total. The number of rotatable bonds is 8. The number of amides is 2. The fourth-order valence-corrected chi connectivity index (χ4v) is 4.27. The molecular formula is C25H31N3O3. The van der Waals surface area contributed by atoms with Crippen molar-refractivity contribution >= 4 is 23.2 Å². The van der Waals surface area contributed by atoms with Gasteiger partial charge in [-0.05, 0) is 64.8 Å². The third kappa shape index (κ3) is 3.99. The van der Waals surface area contributed by atoms with Crippen LogP contribution in [0, 0.1) is 0 Å². The highest BCUT2D eigenvalue weighted by molar-refractivity contribution is 6.21. The molecule has 2 aromatic rings. The van der Waals surface area contributed by atoms with Gasteiger partial charge < -0.3 is 14.5 Å². The van der Waals surface area contributed by atoms with Gasteiger partial charge in [0, 0.05) is 24.7 Å². The summed E-state index contributed by atoms with van der Waals surface area (Å²) in [5.74, 6) is 0.475. The second-order valence-electron chi connectivity index (χ2n) is 8.78. The van der Waals surface area contributed by atoms with Crippen LogP contribution in [0.15, 0.2) is 42.5 Å². The number of ether oxygens (including phenoxy) is 1. The minimum Gasteiger partial charge on any atom is -0.494 e. The summed E-state index contributed by atoms with van der Waals surface area (Å²) in [5, 5.41) is 0. The van der Waals surface area contributed by atoms with Crippen molar-refractivity contribution in [3.05, 3.63) is 53.6 Å². The van der Waals surface area contributed by atoms with E-state index in [0.717, 1.165) is 25.3 Å². The zero-order valence-electron chi connectivity index (χ0n) is 18.8. The summed E-state index contributed by atoms with van der Waals surface area (Å²) in [6.45, 7) is 10.7. The average molecular weight is 422 g/mol. The molecule has 6 heteroatoms. The molecule has 2 heterocycles. The Morgan fingerprint density at radius 2 is 1.45 bits per heavy atom. The second-order valence-corrected chi connectivity index (χ2v) is 8.78. The molecule has 0 unspecified atom stereocenters. The van der Waals surface area contributed by atoms with Crippen LogP contribution in [0.4, 0.5) is 11.4 Å². The average Bonchev–Trinajstić information content (AvgIpc) is 3.25. The number of carbonyl (C=O) groups excluding carboxylic acids is 2. The molecule has 2 aliphatic rings. The molecule has 4 rings (SSSR count). The zero-order valence-corrected chi connectivity index (χ0v) is 18.8. The first-order chi connectivity index (χ1) is 14.9. The van der Waals surface area contributed by atoms with Crippen molar-refractivity contribution in [1.29, 1.82) is 0 Å². The number of nitrogens with zero attached hydrogens (tertiary/aromatic N) is 3. The smallest absolute Gasteiger partial charge is 0.261 e. The number of carbonyl (C=O) groups is 2. The second kappa shape index (κ2) is 8.61. The molecule has 2 aromatic carbocycles. The summed E-state index contributed by atoms with van der Waals surface area (Å²) in [5.41, 5.74) is 3.48. The highest BCUT2D eigenvalue weighted by Crippen LogP contribution is 2.40. The van der Waals surface area contributed by atoms with E-state index in [1.807, 2.05) is 6.07 Å². The number of imide groups is 1. The maximum Gasteiger partial charge on any atom is 0.261 e. The van der Waals surface area contributed by atoms with Gasteiger partial charge in [-0.15, -0.1) is 0 Å². The first-order valence-corrected chi connectivity index (χ1v) is 11.1. The summed E-state index contributed by atoms with van der Waals surface area (Å²) >= 11 is 0. The first kappa shape index (κ1) is 21.2. The lowest BCUT2D eigenvalue weighted by atomic mass is 10.1. The molecular weight excluding hydrogens is 390 g/mol. The molecule has 164 valence electrons. The van der Waals surface area contributed by atoms with E-state index in [2.05, 4.69) is 49.6 Å². The molecule has 0 N–H and O–H groups in total. The molecule has 0 aromatic heterocycles. The fraction of sp³-hybridized carbons (Fsp3) is 0.440. The molecule has 0 fully saturated rings. The summed E-state index contributed by atoms with van der Waals surface area (Å²) in [7, 11) is 0. The Balaban J connectivity index is 1.31. The predicted octanol–water partition coefficient (Wildman–Crippen LogP) is 4.54. The Kier molecular flexibility index (Phi) is 5.90. The van der Waals surface area contributed by atoms with E-state index in [1.165, 1.54) is 16.3 Å². The van der Waals surface area contributed by atoms with Gasteiger partial charge in [0.15, 0.2) is 0 Å². The lowest BCUT2D eigenvalue weighted by molar-refractivity contribution is 0.0649. The molecule has 0 saturated heterocycles. The third-order valence-corrected chi connectivity index (χ3v) is 6.04. The number of hydrogen-bond acceptors (Lipinski definition) is 5. The van der Waals surface area contributed by atoms with Gasteiger partial charge in [0.2, 0.25) is 0 Å². The first-order valence-electron chi connectivity index (χ1n) is 11.1. The van der Waals surface area contributed by atoms with Crippen LogP contribution in [0.25, 0.3) is 0 Å². The molecule has 0 bridgehead atoms. The fourth-order valence-electron chi connectivity index (χ4n) is 4.27. The van der Waals surface area contributed by atoms with Crippen LogP contribution in [0.5, 0.6) is 5.75 Å². The van der Waals surface area contributed by atoms with E-state index < -0.39 is 0 Å². The zero-order chi connectivity index (χ0) is 22.1. The minimum absolute atomic E-state index is 0.191. The van der Waals surface area contributed by atoms with Crippen LogP contribution in [0.2, 0.25) is 0 Å².